The van der Waals surface area contributed by atoms with Gasteiger partial charge in [0.05, 0.1) is 6.10 Å². The number of rotatable bonds is 4. The van der Waals surface area contributed by atoms with E-state index in [0.717, 1.165) is 12.8 Å². The lowest BCUT2D eigenvalue weighted by atomic mass is 9.71. The molecule has 0 bridgehead atoms. The van der Waals surface area contributed by atoms with E-state index < -0.39 is 6.10 Å². The first-order chi connectivity index (χ1) is 10.2. The molecule has 0 spiro atoms. The Balaban J connectivity index is 1.98. The van der Waals surface area contributed by atoms with Gasteiger partial charge in [0.25, 0.3) is 0 Å². The average molecular weight is 281 g/mol. The zero-order valence-electron chi connectivity index (χ0n) is 12.5. The van der Waals surface area contributed by atoms with E-state index in [-0.39, 0.29) is 11.3 Å². The van der Waals surface area contributed by atoms with Gasteiger partial charge in [-0.3, -0.25) is 0 Å². The third kappa shape index (κ3) is 2.29. The van der Waals surface area contributed by atoms with Gasteiger partial charge in [-0.25, -0.2) is 0 Å². The summed E-state index contributed by atoms with van der Waals surface area (Å²) in [5, 5.41) is 11.1. The van der Waals surface area contributed by atoms with Gasteiger partial charge in [0.15, 0.2) is 0 Å². The van der Waals surface area contributed by atoms with Crippen LogP contribution >= 0.6 is 0 Å². The lowest BCUT2D eigenvalue weighted by molar-refractivity contribution is 0.0635. The molecule has 0 amide bonds. The van der Waals surface area contributed by atoms with Crippen LogP contribution in [0.3, 0.4) is 0 Å². The van der Waals surface area contributed by atoms with Crippen LogP contribution < -0.4 is 5.73 Å². The van der Waals surface area contributed by atoms with Gasteiger partial charge in [0, 0.05) is 17.9 Å². The fraction of sp³-hybridized carbons (Fsp3) is 0.368. The van der Waals surface area contributed by atoms with Crippen molar-refractivity contribution >= 4 is 0 Å². The summed E-state index contributed by atoms with van der Waals surface area (Å²) in [7, 11) is 0. The number of aryl methyl sites for hydroxylation is 1. The molecule has 0 radical (unpaired) electrons. The van der Waals surface area contributed by atoms with Crippen molar-refractivity contribution in [2.75, 3.05) is 6.54 Å². The molecule has 2 aromatic rings. The third-order valence-corrected chi connectivity index (χ3v) is 5.12. The van der Waals surface area contributed by atoms with Gasteiger partial charge in [0.2, 0.25) is 0 Å². The Morgan fingerprint density at radius 1 is 1.10 bits per heavy atom. The number of hydrogen-bond donors (Lipinski definition) is 2. The quantitative estimate of drug-likeness (QED) is 0.905. The Labute approximate surface area is 126 Å². The minimum Gasteiger partial charge on any atom is -0.392 e. The smallest absolute Gasteiger partial charge is 0.0714 e. The summed E-state index contributed by atoms with van der Waals surface area (Å²) in [6.45, 7) is 2.58. The van der Waals surface area contributed by atoms with E-state index in [4.69, 9.17) is 5.73 Å². The molecule has 0 heterocycles. The van der Waals surface area contributed by atoms with E-state index >= 15 is 0 Å². The van der Waals surface area contributed by atoms with Crippen LogP contribution in [-0.4, -0.2) is 17.8 Å². The monoisotopic (exact) mass is 281 g/mol. The molecule has 2 aromatic carbocycles. The van der Waals surface area contributed by atoms with Crippen LogP contribution in [-0.2, 0) is 11.8 Å². The third-order valence-electron chi connectivity index (χ3n) is 5.12. The molecule has 3 atom stereocenters. The standard InChI is InChI=1S/C19H23NO/c1-14(15-7-3-2-4-8-15)18(21)19(13-20)12-11-16-9-5-6-10-17(16)19/h2-10,14,18,21H,11-13,20H2,1H3. The van der Waals surface area contributed by atoms with Gasteiger partial charge in [-0.05, 0) is 29.5 Å². The van der Waals surface area contributed by atoms with Gasteiger partial charge in [-0.15, -0.1) is 0 Å². The lowest BCUT2D eigenvalue weighted by Crippen LogP contribution is -2.46. The molecule has 1 aliphatic carbocycles. The highest BCUT2D eigenvalue weighted by Gasteiger charge is 2.45. The maximum atomic E-state index is 11.1. The molecule has 3 N–H and O–H groups in total. The molecule has 0 fully saturated rings. The average Bonchev–Trinajstić information content (AvgIpc) is 2.94. The van der Waals surface area contributed by atoms with Gasteiger partial charge >= 0.3 is 0 Å². The molecular formula is C19H23NO. The van der Waals surface area contributed by atoms with Crippen molar-refractivity contribution in [2.45, 2.75) is 37.2 Å². The minimum atomic E-state index is -0.464. The summed E-state index contributed by atoms with van der Waals surface area (Å²) in [4.78, 5) is 0. The Morgan fingerprint density at radius 2 is 1.76 bits per heavy atom. The maximum Gasteiger partial charge on any atom is 0.0714 e. The number of benzene rings is 2. The van der Waals surface area contributed by atoms with Gasteiger partial charge in [0.1, 0.15) is 0 Å². The van der Waals surface area contributed by atoms with Crippen molar-refractivity contribution in [2.24, 2.45) is 5.73 Å². The second kappa shape index (κ2) is 5.63. The van der Waals surface area contributed by atoms with E-state index in [1.54, 1.807) is 0 Å². The van der Waals surface area contributed by atoms with Crippen LogP contribution in [0, 0.1) is 0 Å². The molecule has 3 unspecified atom stereocenters. The van der Waals surface area contributed by atoms with Gasteiger partial charge in [-0.2, -0.15) is 0 Å². The SMILES string of the molecule is CC(c1ccccc1)C(O)C1(CN)CCc2ccccc21. The predicted molar refractivity (Wildman–Crippen MR) is 86.4 cm³/mol. The van der Waals surface area contributed by atoms with Crippen molar-refractivity contribution in [3.8, 4) is 0 Å². The molecular weight excluding hydrogens is 258 g/mol. The maximum absolute atomic E-state index is 11.1. The number of aliphatic hydroxyl groups is 1. The molecule has 21 heavy (non-hydrogen) atoms. The highest BCUT2D eigenvalue weighted by Crippen LogP contribution is 2.44. The minimum absolute atomic E-state index is 0.0703. The lowest BCUT2D eigenvalue weighted by Gasteiger charge is -2.38. The molecule has 0 aliphatic heterocycles. The molecule has 110 valence electrons. The van der Waals surface area contributed by atoms with E-state index in [9.17, 15) is 5.11 Å². The van der Waals surface area contributed by atoms with Crippen LogP contribution in [0.4, 0.5) is 0 Å². The van der Waals surface area contributed by atoms with Crippen LogP contribution in [0.15, 0.2) is 54.6 Å². The van der Waals surface area contributed by atoms with Crippen molar-refractivity contribution in [1.29, 1.82) is 0 Å². The normalized spacial score (nSPS) is 23.6. The zero-order valence-corrected chi connectivity index (χ0v) is 12.5. The van der Waals surface area contributed by atoms with E-state index in [0.29, 0.717) is 6.54 Å². The Bertz CT molecular complexity index is 610. The van der Waals surface area contributed by atoms with Gasteiger partial charge < -0.3 is 10.8 Å². The highest BCUT2D eigenvalue weighted by molar-refractivity contribution is 5.42. The summed E-state index contributed by atoms with van der Waals surface area (Å²) in [6.07, 6.45) is 1.47. The van der Waals surface area contributed by atoms with Crippen molar-refractivity contribution in [1.82, 2.24) is 0 Å². The Morgan fingerprint density at radius 3 is 2.48 bits per heavy atom. The number of nitrogens with two attached hydrogens (primary N) is 1. The van der Waals surface area contributed by atoms with E-state index in [2.05, 4.69) is 43.3 Å². The fourth-order valence-electron chi connectivity index (χ4n) is 3.77. The summed E-state index contributed by atoms with van der Waals surface area (Å²) in [6, 6.07) is 18.6. The number of aliphatic hydroxyl groups excluding tert-OH is 1. The van der Waals surface area contributed by atoms with Crippen LogP contribution in [0.25, 0.3) is 0 Å². The molecule has 0 saturated heterocycles. The van der Waals surface area contributed by atoms with Crippen molar-refractivity contribution < 1.29 is 5.11 Å². The van der Waals surface area contributed by atoms with E-state index in [1.807, 2.05) is 18.2 Å². The molecule has 2 heteroatoms. The van der Waals surface area contributed by atoms with Gasteiger partial charge in [-0.1, -0.05) is 61.5 Å². The summed E-state index contributed by atoms with van der Waals surface area (Å²) in [5.41, 5.74) is 9.57. The number of fused-ring (bicyclic) bond motifs is 1. The second-order valence-corrected chi connectivity index (χ2v) is 6.16. The van der Waals surface area contributed by atoms with Crippen molar-refractivity contribution in [3.63, 3.8) is 0 Å². The molecule has 0 saturated carbocycles. The second-order valence-electron chi connectivity index (χ2n) is 6.16. The first kappa shape index (κ1) is 14.3. The summed E-state index contributed by atoms with van der Waals surface area (Å²) in [5.74, 6) is 0.0703. The highest BCUT2D eigenvalue weighted by atomic mass is 16.3. The van der Waals surface area contributed by atoms with Crippen LogP contribution in [0.1, 0.15) is 36.0 Å². The fourth-order valence-corrected chi connectivity index (χ4v) is 3.77. The first-order valence-electron chi connectivity index (χ1n) is 7.70. The van der Waals surface area contributed by atoms with Crippen LogP contribution in [0.5, 0.6) is 0 Å². The predicted octanol–water partition coefficient (Wildman–Crippen LogP) is 2.99. The largest absolute Gasteiger partial charge is 0.392 e. The summed E-state index contributed by atoms with van der Waals surface area (Å²) >= 11 is 0. The zero-order chi connectivity index (χ0) is 14.9. The van der Waals surface area contributed by atoms with Crippen LogP contribution in [0.2, 0.25) is 0 Å². The van der Waals surface area contributed by atoms with E-state index in [1.165, 1.54) is 16.7 Å². The Hall–Kier alpha value is -1.64. The molecule has 2 nitrogen and oxygen atoms in total. The number of hydrogen-bond acceptors (Lipinski definition) is 2. The van der Waals surface area contributed by atoms with Crippen molar-refractivity contribution in [3.05, 3.63) is 71.3 Å². The first-order valence-corrected chi connectivity index (χ1v) is 7.70. The topological polar surface area (TPSA) is 46.2 Å². The molecule has 0 aromatic heterocycles. The molecule has 1 aliphatic rings. The summed E-state index contributed by atoms with van der Waals surface area (Å²) < 4.78 is 0. The molecule has 3 rings (SSSR count). The Kier molecular flexibility index (Phi) is 3.83.